The van der Waals surface area contributed by atoms with Crippen molar-refractivity contribution in [2.45, 2.75) is 58.2 Å². The van der Waals surface area contributed by atoms with Crippen LogP contribution >= 0.6 is 11.6 Å². The molecule has 0 bridgehead atoms. The van der Waals surface area contributed by atoms with Gasteiger partial charge in [-0.15, -0.1) is 0 Å². The average molecular weight is 535 g/mol. The van der Waals surface area contributed by atoms with Gasteiger partial charge in [-0.2, -0.15) is 0 Å². The first kappa shape index (κ1) is 27.6. The van der Waals surface area contributed by atoms with E-state index < -0.39 is 0 Å². The molecule has 1 aromatic heterocycles. The number of anilines is 2. The first-order valence-electron chi connectivity index (χ1n) is 13.1. The Hall–Kier alpha value is -3.42. The Morgan fingerprint density at radius 1 is 1.08 bits per heavy atom. The average Bonchev–Trinajstić information content (AvgIpc) is 2.91. The maximum absolute atomic E-state index is 12.5. The molecular weight excluding hydrogens is 500 g/mol. The molecule has 2 N–H and O–H groups in total. The van der Waals surface area contributed by atoms with Gasteiger partial charge < -0.3 is 15.3 Å². The van der Waals surface area contributed by atoms with Crippen LogP contribution in [-0.4, -0.2) is 46.5 Å². The highest BCUT2D eigenvalue weighted by Gasteiger charge is 2.32. The number of hydrogen-bond donors (Lipinski definition) is 2. The Labute approximate surface area is 229 Å². The molecule has 3 heterocycles. The van der Waals surface area contributed by atoms with Gasteiger partial charge >= 0.3 is 0 Å². The summed E-state index contributed by atoms with van der Waals surface area (Å²) in [6, 6.07) is 19.3. The molecule has 2 atom stereocenters. The number of halogens is 1. The van der Waals surface area contributed by atoms with Gasteiger partial charge in [0.05, 0.1) is 11.1 Å². The Morgan fingerprint density at radius 3 is 2.39 bits per heavy atom. The number of fused-ring (bicyclic) bond motifs is 1. The lowest BCUT2D eigenvalue weighted by Gasteiger charge is -2.39. The zero-order valence-corrected chi connectivity index (χ0v) is 22.7. The maximum atomic E-state index is 12.5. The van der Waals surface area contributed by atoms with Gasteiger partial charge in [0.15, 0.2) is 0 Å². The number of nitrogens with zero attached hydrogens (tertiary/aromatic N) is 3. The van der Waals surface area contributed by atoms with E-state index in [1.807, 2.05) is 17.0 Å². The normalized spacial score (nSPS) is 19.1. The number of hydrogen-bond acceptors (Lipinski definition) is 5. The van der Waals surface area contributed by atoms with Crippen molar-refractivity contribution in [3.63, 3.8) is 0 Å². The van der Waals surface area contributed by atoms with E-state index >= 15 is 0 Å². The molecule has 1 saturated heterocycles. The van der Waals surface area contributed by atoms with Gasteiger partial charge in [0.1, 0.15) is 5.82 Å². The molecule has 1 fully saturated rings. The summed E-state index contributed by atoms with van der Waals surface area (Å²) < 4.78 is 0. The minimum atomic E-state index is -0.250. The minimum Gasteiger partial charge on any atom is -0.483 e. The lowest BCUT2D eigenvalue weighted by molar-refractivity contribution is -0.123. The van der Waals surface area contributed by atoms with Crippen molar-refractivity contribution in [3.05, 3.63) is 76.9 Å². The summed E-state index contributed by atoms with van der Waals surface area (Å²) >= 11 is 6.03. The molecule has 7 nitrogen and oxygen atoms in total. The van der Waals surface area contributed by atoms with Crippen molar-refractivity contribution in [1.29, 1.82) is 0 Å². The molecule has 0 aliphatic carbocycles. The molecule has 1 amide bonds. The monoisotopic (exact) mass is 534 g/mol. The second kappa shape index (κ2) is 12.9. The van der Waals surface area contributed by atoms with Crippen molar-refractivity contribution < 1.29 is 14.7 Å². The molecule has 0 radical (unpaired) electrons. The van der Waals surface area contributed by atoms with Crippen molar-refractivity contribution in [3.8, 4) is 11.1 Å². The quantitative estimate of drug-likeness (QED) is 0.369. The fourth-order valence-corrected chi connectivity index (χ4v) is 5.59. The lowest BCUT2D eigenvalue weighted by atomic mass is 9.89. The van der Waals surface area contributed by atoms with Crippen molar-refractivity contribution >= 4 is 35.5 Å². The van der Waals surface area contributed by atoms with Gasteiger partial charge in [0.2, 0.25) is 5.91 Å². The highest BCUT2D eigenvalue weighted by Crippen LogP contribution is 2.41. The van der Waals surface area contributed by atoms with E-state index in [1.165, 1.54) is 43.5 Å². The van der Waals surface area contributed by atoms with Crippen LogP contribution in [0.3, 0.4) is 0 Å². The zero-order chi connectivity index (χ0) is 27.1. The summed E-state index contributed by atoms with van der Waals surface area (Å²) in [5.41, 5.74) is 5.78. The third kappa shape index (κ3) is 6.71. The van der Waals surface area contributed by atoms with E-state index in [-0.39, 0.29) is 24.5 Å². The van der Waals surface area contributed by atoms with Crippen LogP contribution in [0.2, 0.25) is 5.02 Å². The molecule has 2 aliphatic rings. The highest BCUT2D eigenvalue weighted by atomic mass is 35.5. The zero-order valence-electron chi connectivity index (χ0n) is 21.9. The molecule has 0 saturated carbocycles. The summed E-state index contributed by atoms with van der Waals surface area (Å²) in [5.74, 6) is 0.845. The van der Waals surface area contributed by atoms with E-state index in [9.17, 15) is 4.79 Å². The van der Waals surface area contributed by atoms with Gasteiger partial charge in [-0.25, -0.2) is 4.98 Å². The first-order valence-corrected chi connectivity index (χ1v) is 13.5. The second-order valence-electron chi connectivity index (χ2n) is 9.95. The molecule has 0 spiro atoms. The molecule has 8 heteroatoms. The highest BCUT2D eigenvalue weighted by molar-refractivity contribution is 6.30. The number of piperidine rings is 1. The summed E-state index contributed by atoms with van der Waals surface area (Å²) in [5, 5.41) is 11.1. The van der Waals surface area contributed by atoms with Crippen LogP contribution in [-0.2, 0) is 16.1 Å². The maximum Gasteiger partial charge on any atom is 0.290 e. The van der Waals surface area contributed by atoms with Crippen LogP contribution in [0.4, 0.5) is 11.5 Å². The predicted molar refractivity (Wildman–Crippen MR) is 153 cm³/mol. The van der Waals surface area contributed by atoms with Gasteiger partial charge in [0, 0.05) is 31.4 Å². The largest absolute Gasteiger partial charge is 0.483 e. The van der Waals surface area contributed by atoms with Crippen molar-refractivity contribution in [2.24, 2.45) is 0 Å². The lowest BCUT2D eigenvalue weighted by Crippen LogP contribution is -2.43. The summed E-state index contributed by atoms with van der Waals surface area (Å²) in [6.07, 6.45) is 6.43. The standard InChI is InChI=1S/C29H33ClN4O.CH2O2/c1-20-16-27(32-29-13-11-25(30)18-31-29)26-17-24(10-12-28(26)34(20)21(2)35)23-8-6-22(7-9-23)19-33-14-4-3-5-15-33;2-1-3/h6-13,17-18,20,27H,3-5,14-16,19H2,1-2H3,(H,31,32);1H,(H,2,3)/t20-,27+;/m1./s1. The molecule has 2 aliphatic heterocycles. The summed E-state index contributed by atoms with van der Waals surface area (Å²) in [4.78, 5) is 29.8. The number of carbonyl (C=O) groups excluding carboxylic acids is 1. The number of aromatic nitrogens is 1. The number of likely N-dealkylation sites (tertiary alicyclic amines) is 1. The SMILES string of the molecule is CC(=O)N1c2ccc(-c3ccc(CN4CCCCC4)cc3)cc2[C@@H](Nc2ccc(Cl)cn2)C[C@H]1C.O=CO. The van der Waals surface area contributed by atoms with E-state index in [4.69, 9.17) is 21.5 Å². The number of carboxylic acid groups (broad SMARTS) is 1. The van der Waals surface area contributed by atoms with Crippen molar-refractivity contribution in [2.75, 3.05) is 23.3 Å². The van der Waals surface area contributed by atoms with Gasteiger partial charge in [-0.05, 0) is 85.8 Å². The third-order valence-electron chi connectivity index (χ3n) is 7.21. The van der Waals surface area contributed by atoms with Crippen LogP contribution in [0.5, 0.6) is 0 Å². The number of rotatable bonds is 5. The van der Waals surface area contributed by atoms with E-state index in [0.29, 0.717) is 5.02 Å². The van der Waals surface area contributed by atoms with Crippen LogP contribution in [0, 0.1) is 0 Å². The number of carbonyl (C=O) groups is 2. The number of amides is 1. The topological polar surface area (TPSA) is 85.8 Å². The number of benzene rings is 2. The molecule has 3 aromatic rings. The van der Waals surface area contributed by atoms with Crippen LogP contribution in [0.15, 0.2) is 60.8 Å². The molecule has 5 rings (SSSR count). The fraction of sp³-hybridized carbons (Fsp3) is 0.367. The molecule has 200 valence electrons. The van der Waals surface area contributed by atoms with Crippen LogP contribution in [0.1, 0.15) is 56.7 Å². The molecule has 38 heavy (non-hydrogen) atoms. The van der Waals surface area contributed by atoms with E-state index in [0.717, 1.165) is 35.6 Å². The van der Waals surface area contributed by atoms with Crippen LogP contribution in [0.25, 0.3) is 11.1 Å². The molecule has 0 unspecified atom stereocenters. The second-order valence-corrected chi connectivity index (χ2v) is 10.4. The Kier molecular flexibility index (Phi) is 9.37. The van der Waals surface area contributed by atoms with Gasteiger partial charge in [0.25, 0.3) is 6.47 Å². The van der Waals surface area contributed by atoms with Crippen LogP contribution < -0.4 is 10.2 Å². The molecular formula is C30H35ClN4O3. The fourth-order valence-electron chi connectivity index (χ4n) is 5.48. The smallest absolute Gasteiger partial charge is 0.290 e. The first-order chi connectivity index (χ1) is 18.4. The minimum absolute atomic E-state index is 0.0441. The molecule has 2 aromatic carbocycles. The number of nitrogens with one attached hydrogen (secondary N) is 1. The van der Waals surface area contributed by atoms with Crippen molar-refractivity contribution in [1.82, 2.24) is 9.88 Å². The summed E-state index contributed by atoms with van der Waals surface area (Å²) in [7, 11) is 0. The Bertz CT molecular complexity index is 1230. The van der Waals surface area contributed by atoms with E-state index in [1.54, 1.807) is 13.1 Å². The summed E-state index contributed by atoms with van der Waals surface area (Å²) in [6.45, 7) is 6.92. The number of pyridine rings is 1. The third-order valence-corrected chi connectivity index (χ3v) is 7.43. The Morgan fingerprint density at radius 2 is 1.76 bits per heavy atom. The van der Waals surface area contributed by atoms with E-state index in [2.05, 4.69) is 64.6 Å². The predicted octanol–water partition coefficient (Wildman–Crippen LogP) is 6.39. The van der Waals surface area contributed by atoms with Gasteiger partial charge in [-0.1, -0.05) is 48.4 Å². The Balaban J connectivity index is 0.00000107. The van der Waals surface area contributed by atoms with Gasteiger partial charge in [-0.3, -0.25) is 14.5 Å².